The Labute approximate surface area is 198 Å². The Balaban J connectivity index is 1.55. The quantitative estimate of drug-likeness (QED) is 0.425. The van der Waals surface area contributed by atoms with Gasteiger partial charge >= 0.3 is 0 Å². The molecule has 0 unspecified atom stereocenters. The van der Waals surface area contributed by atoms with E-state index in [-0.39, 0.29) is 18.4 Å². The molecule has 0 aliphatic rings. The molecule has 3 aromatic carbocycles. The molecule has 0 bridgehead atoms. The third-order valence-electron chi connectivity index (χ3n) is 4.64. The molecule has 8 heteroatoms. The molecule has 0 aliphatic heterocycles. The average molecular weight is 465 g/mol. The minimum atomic E-state index is -0.310. The van der Waals surface area contributed by atoms with Gasteiger partial charge in [0, 0.05) is 29.1 Å². The molecule has 3 rings (SSSR count). The summed E-state index contributed by atoms with van der Waals surface area (Å²) in [6, 6.07) is 18.8. The lowest BCUT2D eigenvalue weighted by atomic mass is 10.2. The second-order valence-corrected chi connectivity index (χ2v) is 7.07. The first-order valence-electron chi connectivity index (χ1n) is 10.9. The Kier molecular flexibility index (Phi) is 8.73. The summed E-state index contributed by atoms with van der Waals surface area (Å²) in [6.07, 6.45) is 0. The fourth-order valence-corrected chi connectivity index (χ4v) is 3.08. The molecule has 0 aliphatic carbocycles. The van der Waals surface area contributed by atoms with Crippen LogP contribution in [0.25, 0.3) is 0 Å². The van der Waals surface area contributed by atoms with Crippen LogP contribution in [0.3, 0.4) is 0 Å². The molecule has 0 saturated carbocycles. The van der Waals surface area contributed by atoms with Crippen molar-refractivity contribution in [1.82, 2.24) is 0 Å². The number of carbonyl (C=O) groups excluding carboxylic acids is 2. The van der Waals surface area contributed by atoms with Crippen molar-refractivity contribution in [1.29, 1.82) is 0 Å². The number of hydrogen-bond donors (Lipinski definition) is 2. The van der Waals surface area contributed by atoms with E-state index in [9.17, 15) is 9.59 Å². The van der Waals surface area contributed by atoms with Crippen molar-refractivity contribution in [2.24, 2.45) is 0 Å². The maximum absolute atomic E-state index is 12.6. The molecule has 0 atom stereocenters. The van der Waals surface area contributed by atoms with Gasteiger partial charge in [0.15, 0.2) is 18.1 Å². The highest BCUT2D eigenvalue weighted by atomic mass is 16.5. The zero-order valence-corrected chi connectivity index (χ0v) is 19.4. The summed E-state index contributed by atoms with van der Waals surface area (Å²) in [6.45, 7) is 4.60. The molecule has 2 amide bonds. The summed E-state index contributed by atoms with van der Waals surface area (Å²) < 4.78 is 21.8. The van der Waals surface area contributed by atoms with Crippen molar-refractivity contribution in [2.75, 3.05) is 37.6 Å². The maximum atomic E-state index is 12.6. The second kappa shape index (κ2) is 12.2. The van der Waals surface area contributed by atoms with Gasteiger partial charge in [-0.05, 0) is 62.4 Å². The topological polar surface area (TPSA) is 95.1 Å². The molecule has 3 aromatic rings. The van der Waals surface area contributed by atoms with Crippen molar-refractivity contribution in [3.8, 4) is 23.0 Å². The number of carbonyl (C=O) groups is 2. The van der Waals surface area contributed by atoms with Crippen LogP contribution in [-0.4, -0.2) is 38.7 Å². The van der Waals surface area contributed by atoms with E-state index in [2.05, 4.69) is 10.6 Å². The Bertz CT molecular complexity index is 1110. The maximum Gasteiger partial charge on any atom is 0.262 e. The van der Waals surface area contributed by atoms with Crippen molar-refractivity contribution >= 4 is 23.2 Å². The molecule has 2 N–H and O–H groups in total. The highest BCUT2D eigenvalue weighted by Crippen LogP contribution is 2.31. The molecule has 0 heterocycles. The predicted octanol–water partition coefficient (Wildman–Crippen LogP) is 4.76. The Hall–Kier alpha value is -4.20. The van der Waals surface area contributed by atoms with Gasteiger partial charge in [-0.2, -0.15) is 0 Å². The largest absolute Gasteiger partial charge is 0.497 e. The molecule has 0 fully saturated rings. The van der Waals surface area contributed by atoms with Crippen LogP contribution in [0.2, 0.25) is 0 Å². The van der Waals surface area contributed by atoms with Gasteiger partial charge in [0.05, 0.1) is 20.3 Å². The molecule has 0 aromatic heterocycles. The first kappa shape index (κ1) is 24.4. The van der Waals surface area contributed by atoms with Crippen LogP contribution >= 0.6 is 0 Å². The van der Waals surface area contributed by atoms with E-state index in [1.165, 1.54) is 0 Å². The number of ether oxygens (including phenoxy) is 4. The highest BCUT2D eigenvalue weighted by molar-refractivity contribution is 6.04. The fraction of sp³-hybridized carbons (Fsp3) is 0.231. The van der Waals surface area contributed by atoms with Crippen molar-refractivity contribution in [3.05, 3.63) is 72.3 Å². The van der Waals surface area contributed by atoms with Crippen LogP contribution in [-0.2, 0) is 4.79 Å². The number of amides is 2. The van der Waals surface area contributed by atoms with Crippen LogP contribution in [0.4, 0.5) is 11.4 Å². The lowest BCUT2D eigenvalue weighted by Gasteiger charge is -2.13. The molecule has 8 nitrogen and oxygen atoms in total. The van der Waals surface area contributed by atoms with Crippen LogP contribution in [0.1, 0.15) is 24.2 Å². The summed E-state index contributed by atoms with van der Waals surface area (Å²) in [5, 5.41) is 5.58. The van der Waals surface area contributed by atoms with E-state index in [1.54, 1.807) is 73.8 Å². The number of methoxy groups -OCH3 is 1. The SMILES string of the molecule is CCOc1ccc(NC(=O)c2ccc(OCC(=O)Nc3cccc(OC)c3)cc2)cc1OCC. The highest BCUT2D eigenvalue weighted by Gasteiger charge is 2.11. The van der Waals surface area contributed by atoms with Crippen LogP contribution in [0.15, 0.2) is 66.7 Å². The van der Waals surface area contributed by atoms with E-state index in [0.717, 1.165) is 0 Å². The van der Waals surface area contributed by atoms with Crippen LogP contribution in [0, 0.1) is 0 Å². The average Bonchev–Trinajstić information content (AvgIpc) is 2.85. The van der Waals surface area contributed by atoms with Crippen molar-refractivity contribution in [3.63, 3.8) is 0 Å². The van der Waals surface area contributed by atoms with E-state index in [0.29, 0.717) is 53.2 Å². The van der Waals surface area contributed by atoms with Gasteiger partial charge < -0.3 is 29.6 Å². The van der Waals surface area contributed by atoms with E-state index in [4.69, 9.17) is 18.9 Å². The van der Waals surface area contributed by atoms with E-state index in [1.807, 2.05) is 13.8 Å². The molecule has 178 valence electrons. The molecule has 0 saturated heterocycles. The van der Waals surface area contributed by atoms with Crippen LogP contribution in [0.5, 0.6) is 23.0 Å². The van der Waals surface area contributed by atoms with Gasteiger partial charge in [-0.15, -0.1) is 0 Å². The molecule has 0 spiro atoms. The number of hydrogen-bond acceptors (Lipinski definition) is 6. The number of nitrogens with one attached hydrogen (secondary N) is 2. The minimum absolute atomic E-state index is 0.171. The Morgan fingerprint density at radius 2 is 1.44 bits per heavy atom. The summed E-state index contributed by atoms with van der Waals surface area (Å²) >= 11 is 0. The third-order valence-corrected chi connectivity index (χ3v) is 4.64. The van der Waals surface area contributed by atoms with Gasteiger partial charge in [0.1, 0.15) is 11.5 Å². The van der Waals surface area contributed by atoms with Crippen LogP contribution < -0.4 is 29.6 Å². The fourth-order valence-electron chi connectivity index (χ4n) is 3.08. The molecular formula is C26H28N2O6. The zero-order chi connectivity index (χ0) is 24.3. The zero-order valence-electron chi connectivity index (χ0n) is 19.4. The standard InChI is InChI=1S/C26H28N2O6/c1-4-32-23-14-11-20(16-24(23)33-5-2)28-26(30)18-9-12-21(13-10-18)34-17-25(29)27-19-7-6-8-22(15-19)31-3/h6-16H,4-5,17H2,1-3H3,(H,27,29)(H,28,30). The Morgan fingerprint density at radius 1 is 0.735 bits per heavy atom. The minimum Gasteiger partial charge on any atom is -0.497 e. The summed E-state index contributed by atoms with van der Waals surface area (Å²) in [5.41, 5.74) is 1.65. The van der Waals surface area contributed by atoms with Crippen molar-refractivity contribution < 1.29 is 28.5 Å². The van der Waals surface area contributed by atoms with Gasteiger partial charge in [-0.3, -0.25) is 9.59 Å². The summed E-state index contributed by atoms with van der Waals surface area (Å²) in [4.78, 5) is 24.8. The predicted molar refractivity (Wildman–Crippen MR) is 130 cm³/mol. The molecule has 0 radical (unpaired) electrons. The monoisotopic (exact) mass is 464 g/mol. The summed E-state index contributed by atoms with van der Waals surface area (Å²) in [5.74, 6) is 1.71. The first-order chi connectivity index (χ1) is 16.5. The number of anilines is 2. The van der Waals surface area contributed by atoms with E-state index < -0.39 is 0 Å². The van der Waals surface area contributed by atoms with Crippen molar-refractivity contribution in [2.45, 2.75) is 13.8 Å². The normalized spacial score (nSPS) is 10.2. The van der Waals surface area contributed by atoms with Gasteiger partial charge in [-0.1, -0.05) is 6.07 Å². The molecular weight excluding hydrogens is 436 g/mol. The van der Waals surface area contributed by atoms with Gasteiger partial charge in [0.2, 0.25) is 0 Å². The second-order valence-electron chi connectivity index (χ2n) is 7.07. The lowest BCUT2D eigenvalue weighted by molar-refractivity contribution is -0.118. The lowest BCUT2D eigenvalue weighted by Crippen LogP contribution is -2.20. The molecule has 34 heavy (non-hydrogen) atoms. The Morgan fingerprint density at radius 3 is 2.15 bits per heavy atom. The number of rotatable bonds is 11. The van der Waals surface area contributed by atoms with E-state index >= 15 is 0 Å². The van der Waals surface area contributed by atoms with Gasteiger partial charge in [0.25, 0.3) is 11.8 Å². The summed E-state index contributed by atoms with van der Waals surface area (Å²) in [7, 11) is 1.56. The smallest absolute Gasteiger partial charge is 0.262 e. The number of benzene rings is 3. The first-order valence-corrected chi connectivity index (χ1v) is 10.9. The van der Waals surface area contributed by atoms with Gasteiger partial charge in [-0.25, -0.2) is 0 Å². The third kappa shape index (κ3) is 6.90.